The molecule has 2 aromatic heterocycles. The Morgan fingerprint density at radius 1 is 1.33 bits per heavy atom. The van der Waals surface area contributed by atoms with Gasteiger partial charge in [-0.25, -0.2) is 4.79 Å². The fourth-order valence-electron chi connectivity index (χ4n) is 1.22. The van der Waals surface area contributed by atoms with Gasteiger partial charge in [-0.15, -0.1) is 0 Å². The number of anilines is 1. The van der Waals surface area contributed by atoms with Crippen LogP contribution in [-0.2, 0) is 0 Å². The SMILES string of the molecule is Cc1cncc(-c2nc(N)nc(=O)[nH]2)c1. The Morgan fingerprint density at radius 3 is 2.80 bits per heavy atom. The van der Waals surface area contributed by atoms with Gasteiger partial charge in [-0.2, -0.15) is 9.97 Å². The Kier molecular flexibility index (Phi) is 2.17. The van der Waals surface area contributed by atoms with Gasteiger partial charge in [-0.05, 0) is 18.6 Å². The van der Waals surface area contributed by atoms with Gasteiger partial charge in [0.15, 0.2) is 0 Å². The van der Waals surface area contributed by atoms with E-state index >= 15 is 0 Å². The summed E-state index contributed by atoms with van der Waals surface area (Å²) < 4.78 is 0. The minimum Gasteiger partial charge on any atom is -0.368 e. The lowest BCUT2D eigenvalue weighted by Crippen LogP contribution is -2.15. The smallest absolute Gasteiger partial charge is 0.349 e. The normalized spacial score (nSPS) is 10.2. The lowest BCUT2D eigenvalue weighted by Gasteiger charge is -2.00. The molecule has 3 N–H and O–H groups in total. The number of nitrogens with one attached hydrogen (secondary N) is 1. The molecule has 0 aromatic carbocycles. The summed E-state index contributed by atoms with van der Waals surface area (Å²) in [6.45, 7) is 1.90. The lowest BCUT2D eigenvalue weighted by molar-refractivity contribution is 1.01. The molecule has 0 unspecified atom stereocenters. The molecular formula is C9H9N5O. The fraction of sp³-hybridized carbons (Fsp3) is 0.111. The van der Waals surface area contributed by atoms with Gasteiger partial charge in [0, 0.05) is 18.0 Å². The highest BCUT2D eigenvalue weighted by Gasteiger charge is 2.03. The molecule has 0 aliphatic carbocycles. The monoisotopic (exact) mass is 203 g/mol. The van der Waals surface area contributed by atoms with Crippen molar-refractivity contribution in [2.24, 2.45) is 0 Å². The largest absolute Gasteiger partial charge is 0.368 e. The van der Waals surface area contributed by atoms with Crippen LogP contribution in [0.25, 0.3) is 11.4 Å². The van der Waals surface area contributed by atoms with Crippen LogP contribution in [0.1, 0.15) is 5.56 Å². The molecule has 2 aromatic rings. The zero-order valence-corrected chi connectivity index (χ0v) is 8.06. The second-order valence-electron chi connectivity index (χ2n) is 3.11. The van der Waals surface area contributed by atoms with E-state index in [2.05, 4.69) is 19.9 Å². The maximum Gasteiger partial charge on any atom is 0.349 e. The Hall–Kier alpha value is -2.24. The van der Waals surface area contributed by atoms with E-state index in [1.54, 1.807) is 12.4 Å². The lowest BCUT2D eigenvalue weighted by atomic mass is 10.2. The molecule has 15 heavy (non-hydrogen) atoms. The number of H-pyrrole nitrogens is 1. The number of rotatable bonds is 1. The van der Waals surface area contributed by atoms with E-state index in [0.29, 0.717) is 11.4 Å². The summed E-state index contributed by atoms with van der Waals surface area (Å²) in [5, 5.41) is 0. The van der Waals surface area contributed by atoms with Crippen LogP contribution in [0, 0.1) is 6.92 Å². The molecular weight excluding hydrogens is 194 g/mol. The van der Waals surface area contributed by atoms with Gasteiger partial charge in [0.2, 0.25) is 5.95 Å². The summed E-state index contributed by atoms with van der Waals surface area (Å²) in [6.07, 6.45) is 3.32. The van der Waals surface area contributed by atoms with Crippen molar-refractivity contribution in [1.82, 2.24) is 19.9 Å². The number of hydrogen-bond donors (Lipinski definition) is 2. The third-order valence-corrected chi connectivity index (χ3v) is 1.82. The molecule has 0 saturated carbocycles. The van der Waals surface area contributed by atoms with E-state index in [0.717, 1.165) is 5.56 Å². The highest BCUT2D eigenvalue weighted by Crippen LogP contribution is 2.12. The second-order valence-corrected chi connectivity index (χ2v) is 3.11. The second kappa shape index (κ2) is 3.49. The van der Waals surface area contributed by atoms with E-state index < -0.39 is 5.69 Å². The summed E-state index contributed by atoms with van der Waals surface area (Å²) >= 11 is 0. The van der Waals surface area contributed by atoms with Crippen LogP contribution < -0.4 is 11.4 Å². The molecule has 0 spiro atoms. The molecule has 0 saturated heterocycles. The predicted molar refractivity (Wildman–Crippen MR) is 55.0 cm³/mol. The van der Waals surface area contributed by atoms with Crippen molar-refractivity contribution in [2.75, 3.05) is 5.73 Å². The average Bonchev–Trinajstić information content (AvgIpc) is 2.16. The van der Waals surface area contributed by atoms with Crippen molar-refractivity contribution in [2.45, 2.75) is 6.92 Å². The van der Waals surface area contributed by atoms with Crippen molar-refractivity contribution < 1.29 is 0 Å². The average molecular weight is 203 g/mol. The highest BCUT2D eigenvalue weighted by molar-refractivity contribution is 5.54. The predicted octanol–water partition coefficient (Wildman–Crippen LogP) is 0.118. The van der Waals surface area contributed by atoms with E-state index in [-0.39, 0.29) is 5.95 Å². The summed E-state index contributed by atoms with van der Waals surface area (Å²) in [5.74, 6) is 0.332. The van der Waals surface area contributed by atoms with Gasteiger partial charge < -0.3 is 5.73 Å². The topological polar surface area (TPSA) is 97.5 Å². The number of nitrogens with two attached hydrogens (primary N) is 1. The van der Waals surface area contributed by atoms with E-state index in [4.69, 9.17) is 5.73 Å². The van der Waals surface area contributed by atoms with Crippen LogP contribution in [0.2, 0.25) is 0 Å². The van der Waals surface area contributed by atoms with Gasteiger partial charge >= 0.3 is 5.69 Å². The van der Waals surface area contributed by atoms with Gasteiger partial charge in [-0.3, -0.25) is 9.97 Å². The summed E-state index contributed by atoms with van der Waals surface area (Å²) in [4.78, 5) is 24.9. The summed E-state index contributed by atoms with van der Waals surface area (Å²) in [6, 6.07) is 1.85. The van der Waals surface area contributed by atoms with E-state index in [1.165, 1.54) is 0 Å². The number of aryl methyl sites for hydroxylation is 1. The first-order valence-corrected chi connectivity index (χ1v) is 4.31. The van der Waals surface area contributed by atoms with E-state index in [9.17, 15) is 4.79 Å². The molecule has 0 radical (unpaired) electrons. The Bertz CT molecular complexity index is 548. The maximum absolute atomic E-state index is 11.1. The first-order chi connectivity index (χ1) is 7.15. The number of aromatic nitrogens is 4. The molecule has 2 rings (SSSR count). The van der Waals surface area contributed by atoms with Gasteiger partial charge in [0.25, 0.3) is 0 Å². The molecule has 0 bridgehead atoms. The van der Waals surface area contributed by atoms with Crippen LogP contribution in [0.3, 0.4) is 0 Å². The van der Waals surface area contributed by atoms with Crippen LogP contribution in [0.15, 0.2) is 23.3 Å². The van der Waals surface area contributed by atoms with Crippen molar-refractivity contribution in [3.8, 4) is 11.4 Å². The molecule has 0 aliphatic heterocycles. The first-order valence-electron chi connectivity index (χ1n) is 4.31. The van der Waals surface area contributed by atoms with E-state index in [1.807, 2.05) is 13.0 Å². The summed E-state index contributed by atoms with van der Waals surface area (Å²) in [5.41, 5.74) is 6.54. The number of aromatic amines is 1. The maximum atomic E-state index is 11.1. The third-order valence-electron chi connectivity index (χ3n) is 1.82. The van der Waals surface area contributed by atoms with Crippen molar-refractivity contribution in [3.05, 3.63) is 34.5 Å². The quantitative estimate of drug-likeness (QED) is 0.685. The third kappa shape index (κ3) is 1.98. The van der Waals surface area contributed by atoms with Crippen molar-refractivity contribution in [1.29, 1.82) is 0 Å². The molecule has 6 nitrogen and oxygen atoms in total. The number of nitrogen functional groups attached to an aromatic ring is 1. The van der Waals surface area contributed by atoms with Gasteiger partial charge in [0.05, 0.1) is 0 Å². The minimum absolute atomic E-state index is 0.0461. The van der Waals surface area contributed by atoms with Crippen LogP contribution in [0.4, 0.5) is 5.95 Å². The molecule has 6 heteroatoms. The van der Waals surface area contributed by atoms with Crippen molar-refractivity contribution in [3.63, 3.8) is 0 Å². The fourth-order valence-corrected chi connectivity index (χ4v) is 1.22. The van der Waals surface area contributed by atoms with Gasteiger partial charge in [0.1, 0.15) is 5.82 Å². The molecule has 76 valence electrons. The zero-order valence-electron chi connectivity index (χ0n) is 8.06. The zero-order chi connectivity index (χ0) is 10.8. The molecule has 0 aliphatic rings. The molecule has 0 amide bonds. The standard InChI is InChI=1S/C9H9N5O/c1-5-2-6(4-11-3-5)7-12-8(10)14-9(15)13-7/h2-4H,1H3,(H3,10,12,13,14,15). The van der Waals surface area contributed by atoms with Crippen molar-refractivity contribution >= 4 is 5.95 Å². The molecule has 0 fully saturated rings. The first kappa shape index (κ1) is 9.32. The summed E-state index contributed by atoms with van der Waals surface area (Å²) in [7, 11) is 0. The Morgan fingerprint density at radius 2 is 2.13 bits per heavy atom. The van der Waals surface area contributed by atoms with Crippen LogP contribution in [-0.4, -0.2) is 19.9 Å². The Balaban J connectivity index is 2.59. The highest BCUT2D eigenvalue weighted by atomic mass is 16.1. The Labute approximate surface area is 85.2 Å². The molecule has 2 heterocycles. The van der Waals surface area contributed by atoms with Gasteiger partial charge in [-0.1, -0.05) is 0 Å². The van der Waals surface area contributed by atoms with Crippen LogP contribution in [0.5, 0.6) is 0 Å². The molecule has 0 atom stereocenters. The minimum atomic E-state index is -0.515. The number of pyridine rings is 1. The number of nitrogens with zero attached hydrogens (tertiary/aromatic N) is 3. The van der Waals surface area contributed by atoms with Crippen LogP contribution >= 0.6 is 0 Å². The number of hydrogen-bond acceptors (Lipinski definition) is 5.